The number of hydrogen-bond donors (Lipinski definition) is 2. The highest BCUT2D eigenvalue weighted by molar-refractivity contribution is 5.99. The van der Waals surface area contributed by atoms with E-state index in [1.54, 1.807) is 24.4 Å². The number of halogens is 1. The van der Waals surface area contributed by atoms with E-state index in [0.717, 1.165) is 31.8 Å². The smallest absolute Gasteiger partial charge is 0.308 e. The molecule has 29 heavy (non-hydrogen) atoms. The van der Waals surface area contributed by atoms with Crippen molar-refractivity contribution in [2.24, 2.45) is 5.92 Å². The molecule has 0 spiro atoms. The average molecular weight is 397 g/mol. The Kier molecular flexibility index (Phi) is 6.24. The van der Waals surface area contributed by atoms with Gasteiger partial charge in [0.05, 0.1) is 12.2 Å². The number of hydrogen-bond acceptors (Lipinski definition) is 3. The first-order valence-electron chi connectivity index (χ1n) is 10.4. The van der Waals surface area contributed by atoms with Crippen LogP contribution < -0.4 is 10.6 Å². The second-order valence-corrected chi connectivity index (χ2v) is 7.93. The lowest BCUT2D eigenvalue weighted by molar-refractivity contribution is 0.154. The van der Waals surface area contributed by atoms with Gasteiger partial charge in [-0.3, -0.25) is 5.32 Å². The molecular formula is C22H28FN5O. The quantitative estimate of drug-likeness (QED) is 0.722. The van der Waals surface area contributed by atoms with Gasteiger partial charge < -0.3 is 10.2 Å². The fourth-order valence-corrected chi connectivity index (χ4v) is 4.28. The molecule has 154 valence electrons. The third-order valence-electron chi connectivity index (χ3n) is 5.79. The molecule has 0 saturated carbocycles. The predicted molar refractivity (Wildman–Crippen MR) is 112 cm³/mol. The van der Waals surface area contributed by atoms with E-state index < -0.39 is 6.03 Å². The minimum absolute atomic E-state index is 0.275. The lowest BCUT2D eigenvalue weighted by Gasteiger charge is -2.35. The van der Waals surface area contributed by atoms with Gasteiger partial charge in [0, 0.05) is 31.4 Å². The number of carbonyl (C=O) groups is 1. The van der Waals surface area contributed by atoms with Gasteiger partial charge in [0.1, 0.15) is 11.6 Å². The number of nitrogens with zero attached hydrogens (tertiary/aromatic N) is 3. The minimum Gasteiger partial charge on any atom is -0.308 e. The number of rotatable bonds is 5. The molecule has 1 unspecified atom stereocenters. The van der Waals surface area contributed by atoms with Crippen LogP contribution in [0.5, 0.6) is 0 Å². The summed E-state index contributed by atoms with van der Waals surface area (Å²) in [5.41, 5.74) is 0.416. The van der Waals surface area contributed by atoms with E-state index in [-0.39, 0.29) is 11.9 Å². The van der Waals surface area contributed by atoms with Crippen LogP contribution in [0, 0.1) is 11.7 Å². The summed E-state index contributed by atoms with van der Waals surface area (Å²) in [6.45, 7) is 3.29. The number of likely N-dealkylation sites (tertiary alicyclic amines) is 1. The molecular weight excluding hydrogens is 369 g/mol. The number of aromatic nitrogens is 2. The summed E-state index contributed by atoms with van der Waals surface area (Å²) < 4.78 is 15.2. The van der Waals surface area contributed by atoms with Crippen molar-refractivity contribution >= 4 is 17.5 Å². The Morgan fingerprint density at radius 3 is 2.76 bits per heavy atom. The van der Waals surface area contributed by atoms with Gasteiger partial charge in [0.25, 0.3) is 0 Å². The maximum atomic E-state index is 13.3. The van der Waals surface area contributed by atoms with Gasteiger partial charge >= 0.3 is 6.03 Å². The van der Waals surface area contributed by atoms with Crippen LogP contribution in [0.4, 0.5) is 20.7 Å². The minimum atomic E-state index is -0.403. The van der Waals surface area contributed by atoms with Crippen molar-refractivity contribution in [3.63, 3.8) is 0 Å². The molecule has 6 nitrogen and oxygen atoms in total. The van der Waals surface area contributed by atoms with Crippen LogP contribution in [0.3, 0.4) is 0 Å². The molecule has 1 aromatic carbocycles. The molecule has 2 aliphatic rings. The number of benzene rings is 1. The molecule has 0 radical (unpaired) electrons. The number of nitrogens with one attached hydrogen (secondary N) is 2. The number of amides is 2. The maximum absolute atomic E-state index is 13.3. The van der Waals surface area contributed by atoms with Crippen LogP contribution in [0.2, 0.25) is 0 Å². The van der Waals surface area contributed by atoms with Gasteiger partial charge in [-0.2, -0.15) is 5.10 Å². The van der Waals surface area contributed by atoms with Crippen LogP contribution in [-0.4, -0.2) is 40.3 Å². The largest absolute Gasteiger partial charge is 0.324 e. The van der Waals surface area contributed by atoms with Gasteiger partial charge in [-0.05, 0) is 56.2 Å². The Morgan fingerprint density at radius 1 is 1.14 bits per heavy atom. The summed E-state index contributed by atoms with van der Waals surface area (Å²) in [6.07, 6.45) is 12.1. The number of allylic oxidation sites excluding steroid dienone is 2. The van der Waals surface area contributed by atoms with E-state index in [4.69, 9.17) is 0 Å². The van der Waals surface area contributed by atoms with Crippen molar-refractivity contribution in [1.82, 2.24) is 14.7 Å². The zero-order valence-corrected chi connectivity index (χ0v) is 16.6. The molecule has 1 aromatic heterocycles. The maximum Gasteiger partial charge on any atom is 0.324 e. The molecule has 2 amide bonds. The topological polar surface area (TPSA) is 62.2 Å². The van der Waals surface area contributed by atoms with E-state index in [2.05, 4.69) is 32.8 Å². The zero-order valence-electron chi connectivity index (χ0n) is 16.6. The van der Waals surface area contributed by atoms with Crippen LogP contribution in [0.1, 0.15) is 38.1 Å². The van der Waals surface area contributed by atoms with Crippen molar-refractivity contribution in [3.8, 4) is 0 Å². The van der Waals surface area contributed by atoms with Crippen LogP contribution in [0.15, 0.2) is 48.7 Å². The van der Waals surface area contributed by atoms with Gasteiger partial charge in [-0.15, -0.1) is 0 Å². The Hall–Kier alpha value is -2.67. The third kappa shape index (κ3) is 5.23. The molecule has 1 atom stereocenters. The van der Waals surface area contributed by atoms with E-state index in [9.17, 15) is 9.18 Å². The Labute approximate surface area is 170 Å². The van der Waals surface area contributed by atoms with Gasteiger partial charge in [-0.1, -0.05) is 18.2 Å². The fourth-order valence-electron chi connectivity index (χ4n) is 4.28. The molecule has 7 heteroatoms. The van der Waals surface area contributed by atoms with Crippen LogP contribution in [-0.2, 0) is 0 Å². The summed E-state index contributed by atoms with van der Waals surface area (Å²) >= 11 is 0. The van der Waals surface area contributed by atoms with Crippen LogP contribution >= 0.6 is 0 Å². The normalized spacial score (nSPS) is 20.5. The Balaban J connectivity index is 1.30. The SMILES string of the molecule is O=C(Nc1cccc(F)c1)Nc1ccnn1C1CCN(CC2CC=CCC2)CC1. The molecule has 2 heterocycles. The highest BCUT2D eigenvalue weighted by atomic mass is 19.1. The number of carbonyl (C=O) groups excluding carboxylic acids is 1. The first kappa shape index (κ1) is 19.6. The number of anilines is 2. The highest BCUT2D eigenvalue weighted by Crippen LogP contribution is 2.27. The summed E-state index contributed by atoms with van der Waals surface area (Å²) in [6, 6.07) is 7.51. The standard InChI is InChI=1S/C22H28FN5O/c23-18-7-4-8-19(15-18)25-22(29)26-21-9-12-24-28(21)20-10-13-27(14-11-20)16-17-5-2-1-3-6-17/h1-2,4,7-9,12,15,17,20H,3,5-6,10-11,13-14,16H2,(H2,25,26,29). The predicted octanol–water partition coefficient (Wildman–Crippen LogP) is 4.66. The molecule has 1 aliphatic carbocycles. The molecule has 4 rings (SSSR count). The van der Waals surface area contributed by atoms with Crippen molar-refractivity contribution in [1.29, 1.82) is 0 Å². The second-order valence-electron chi connectivity index (χ2n) is 7.93. The second kappa shape index (κ2) is 9.22. The summed E-state index contributed by atoms with van der Waals surface area (Å²) in [7, 11) is 0. The van der Waals surface area contributed by atoms with Gasteiger partial charge in [0.2, 0.25) is 0 Å². The first-order valence-corrected chi connectivity index (χ1v) is 10.4. The van der Waals surface area contributed by atoms with Gasteiger partial charge in [-0.25, -0.2) is 13.9 Å². The summed E-state index contributed by atoms with van der Waals surface area (Å²) in [4.78, 5) is 14.9. The third-order valence-corrected chi connectivity index (χ3v) is 5.79. The fraction of sp³-hybridized carbons (Fsp3) is 0.455. The highest BCUT2D eigenvalue weighted by Gasteiger charge is 2.25. The van der Waals surface area contributed by atoms with E-state index in [0.29, 0.717) is 11.5 Å². The van der Waals surface area contributed by atoms with Crippen molar-refractivity contribution in [2.75, 3.05) is 30.3 Å². The zero-order chi connectivity index (χ0) is 20.1. The van der Waals surface area contributed by atoms with Crippen molar-refractivity contribution in [2.45, 2.75) is 38.1 Å². The Bertz CT molecular complexity index is 856. The molecule has 2 aromatic rings. The number of urea groups is 1. The molecule has 1 fully saturated rings. The summed E-state index contributed by atoms with van der Waals surface area (Å²) in [5.74, 6) is 1.06. The van der Waals surface area contributed by atoms with E-state index in [1.165, 1.54) is 37.9 Å². The van der Waals surface area contributed by atoms with Crippen LogP contribution in [0.25, 0.3) is 0 Å². The van der Waals surface area contributed by atoms with Gasteiger partial charge in [0.15, 0.2) is 0 Å². The van der Waals surface area contributed by atoms with E-state index >= 15 is 0 Å². The Morgan fingerprint density at radius 2 is 2.00 bits per heavy atom. The van der Waals surface area contributed by atoms with E-state index in [1.807, 2.05) is 4.68 Å². The van der Waals surface area contributed by atoms with Crippen molar-refractivity contribution in [3.05, 3.63) is 54.5 Å². The molecule has 1 aliphatic heterocycles. The number of piperidine rings is 1. The average Bonchev–Trinajstić information content (AvgIpc) is 3.17. The monoisotopic (exact) mass is 397 g/mol. The molecule has 2 N–H and O–H groups in total. The molecule has 0 bridgehead atoms. The summed E-state index contributed by atoms with van der Waals surface area (Å²) in [5, 5.41) is 9.94. The first-order chi connectivity index (χ1) is 14.2. The molecule has 1 saturated heterocycles. The lowest BCUT2D eigenvalue weighted by atomic mass is 9.93. The lowest BCUT2D eigenvalue weighted by Crippen LogP contribution is -2.38. The van der Waals surface area contributed by atoms with Crippen molar-refractivity contribution < 1.29 is 9.18 Å².